The minimum absolute atomic E-state index is 0.253. The SMILES string of the molecule is CN1CC[C@H]2C[C@@H](C(=O)O)N(C)[C@H]2C1. The van der Waals surface area contributed by atoms with Crippen LogP contribution in [0.4, 0.5) is 0 Å². The normalized spacial score (nSPS) is 39.7. The summed E-state index contributed by atoms with van der Waals surface area (Å²) in [6, 6.07) is 0.200. The van der Waals surface area contributed by atoms with E-state index in [9.17, 15) is 4.79 Å². The zero-order chi connectivity index (χ0) is 10.3. The van der Waals surface area contributed by atoms with Gasteiger partial charge in [-0.1, -0.05) is 0 Å². The third-order valence-electron chi connectivity index (χ3n) is 3.75. The van der Waals surface area contributed by atoms with Crippen LogP contribution in [-0.4, -0.2) is 60.1 Å². The molecule has 0 unspecified atom stereocenters. The standard InChI is InChI=1S/C10H18N2O2/c1-11-4-3-7-5-8(10(13)14)12(2)9(7)6-11/h7-9H,3-6H2,1-2H3,(H,13,14)/t7-,8-,9-/m0/s1. The highest BCUT2D eigenvalue weighted by atomic mass is 16.4. The lowest BCUT2D eigenvalue weighted by Gasteiger charge is -2.35. The van der Waals surface area contributed by atoms with Gasteiger partial charge in [0.2, 0.25) is 0 Å². The van der Waals surface area contributed by atoms with Crippen LogP contribution in [0.1, 0.15) is 12.8 Å². The first kappa shape index (κ1) is 9.93. The fourth-order valence-electron chi connectivity index (χ4n) is 2.83. The molecule has 0 aromatic rings. The molecule has 2 aliphatic rings. The molecule has 2 heterocycles. The van der Waals surface area contributed by atoms with Gasteiger partial charge in [0.25, 0.3) is 0 Å². The van der Waals surface area contributed by atoms with Crippen molar-refractivity contribution in [3.63, 3.8) is 0 Å². The van der Waals surface area contributed by atoms with Gasteiger partial charge in [0.05, 0.1) is 0 Å². The summed E-state index contributed by atoms with van der Waals surface area (Å²) in [6.07, 6.45) is 1.99. The molecule has 2 aliphatic heterocycles. The summed E-state index contributed by atoms with van der Waals surface area (Å²) in [4.78, 5) is 15.3. The second kappa shape index (κ2) is 3.51. The van der Waals surface area contributed by atoms with Crippen molar-refractivity contribution in [3.8, 4) is 0 Å². The van der Waals surface area contributed by atoms with Gasteiger partial charge in [-0.15, -0.1) is 0 Å². The Morgan fingerprint density at radius 3 is 2.79 bits per heavy atom. The molecule has 2 saturated heterocycles. The quantitative estimate of drug-likeness (QED) is 0.649. The van der Waals surface area contributed by atoms with Crippen molar-refractivity contribution in [1.82, 2.24) is 9.80 Å². The van der Waals surface area contributed by atoms with Crippen molar-refractivity contribution < 1.29 is 9.90 Å². The molecule has 0 saturated carbocycles. The summed E-state index contributed by atoms with van der Waals surface area (Å²) >= 11 is 0. The number of piperidine rings is 1. The molecule has 0 aliphatic carbocycles. The Balaban J connectivity index is 2.09. The topological polar surface area (TPSA) is 43.8 Å². The van der Waals surface area contributed by atoms with E-state index in [0.29, 0.717) is 12.0 Å². The van der Waals surface area contributed by atoms with E-state index in [-0.39, 0.29) is 6.04 Å². The number of fused-ring (bicyclic) bond motifs is 1. The van der Waals surface area contributed by atoms with E-state index in [1.807, 2.05) is 11.9 Å². The van der Waals surface area contributed by atoms with Crippen molar-refractivity contribution in [2.45, 2.75) is 24.9 Å². The van der Waals surface area contributed by atoms with Gasteiger partial charge in [0.1, 0.15) is 6.04 Å². The summed E-state index contributed by atoms with van der Waals surface area (Å²) < 4.78 is 0. The first-order valence-electron chi connectivity index (χ1n) is 5.23. The maximum atomic E-state index is 11.0. The number of hydrogen-bond donors (Lipinski definition) is 1. The summed E-state index contributed by atoms with van der Waals surface area (Å²) in [7, 11) is 4.06. The maximum Gasteiger partial charge on any atom is 0.320 e. The van der Waals surface area contributed by atoms with E-state index in [0.717, 1.165) is 25.9 Å². The number of rotatable bonds is 1. The number of likely N-dealkylation sites (N-methyl/N-ethyl adjacent to an activating group) is 2. The average molecular weight is 198 g/mol. The van der Waals surface area contributed by atoms with Crippen LogP contribution in [0.2, 0.25) is 0 Å². The zero-order valence-electron chi connectivity index (χ0n) is 8.81. The molecule has 0 bridgehead atoms. The van der Waals surface area contributed by atoms with Crippen LogP contribution in [0.15, 0.2) is 0 Å². The average Bonchev–Trinajstić information content (AvgIpc) is 2.44. The minimum Gasteiger partial charge on any atom is -0.480 e. The first-order chi connectivity index (χ1) is 6.59. The molecule has 0 amide bonds. The highest BCUT2D eigenvalue weighted by Crippen LogP contribution is 2.34. The van der Waals surface area contributed by atoms with Crippen LogP contribution >= 0.6 is 0 Å². The van der Waals surface area contributed by atoms with Gasteiger partial charge in [-0.25, -0.2) is 0 Å². The highest BCUT2D eigenvalue weighted by Gasteiger charge is 2.44. The number of carboxylic acids is 1. The van der Waals surface area contributed by atoms with E-state index in [4.69, 9.17) is 5.11 Å². The fraction of sp³-hybridized carbons (Fsp3) is 0.900. The van der Waals surface area contributed by atoms with E-state index in [1.165, 1.54) is 0 Å². The molecular weight excluding hydrogens is 180 g/mol. The molecule has 0 spiro atoms. The second-order valence-electron chi connectivity index (χ2n) is 4.63. The number of hydrogen-bond acceptors (Lipinski definition) is 3. The third kappa shape index (κ3) is 1.53. The lowest BCUT2D eigenvalue weighted by molar-refractivity contribution is -0.142. The van der Waals surface area contributed by atoms with E-state index >= 15 is 0 Å². The lowest BCUT2D eigenvalue weighted by atomic mass is 9.91. The first-order valence-corrected chi connectivity index (χ1v) is 5.23. The molecule has 0 aromatic heterocycles. The predicted molar refractivity (Wildman–Crippen MR) is 53.2 cm³/mol. The molecule has 0 aromatic carbocycles. The van der Waals surface area contributed by atoms with Crippen molar-refractivity contribution in [2.75, 3.05) is 27.2 Å². The molecular formula is C10H18N2O2. The van der Waals surface area contributed by atoms with Crippen LogP contribution in [0.3, 0.4) is 0 Å². The van der Waals surface area contributed by atoms with Gasteiger partial charge < -0.3 is 10.0 Å². The van der Waals surface area contributed by atoms with Crippen molar-refractivity contribution in [2.24, 2.45) is 5.92 Å². The molecule has 3 atom stereocenters. The second-order valence-corrected chi connectivity index (χ2v) is 4.63. The van der Waals surface area contributed by atoms with Gasteiger partial charge in [-0.2, -0.15) is 0 Å². The molecule has 2 fully saturated rings. The summed E-state index contributed by atoms with van der Waals surface area (Å²) in [6.45, 7) is 2.13. The lowest BCUT2D eigenvalue weighted by Crippen LogP contribution is -2.47. The minimum atomic E-state index is -0.662. The van der Waals surface area contributed by atoms with Gasteiger partial charge in [0, 0.05) is 12.6 Å². The number of aliphatic carboxylic acids is 1. The van der Waals surface area contributed by atoms with Gasteiger partial charge >= 0.3 is 5.97 Å². The molecule has 2 rings (SSSR count). The molecule has 4 nitrogen and oxygen atoms in total. The van der Waals surface area contributed by atoms with E-state index in [1.54, 1.807) is 0 Å². The molecule has 80 valence electrons. The Bertz CT molecular complexity index is 244. The Morgan fingerprint density at radius 2 is 2.14 bits per heavy atom. The van der Waals surface area contributed by atoms with E-state index < -0.39 is 5.97 Å². The van der Waals surface area contributed by atoms with Gasteiger partial charge in [-0.3, -0.25) is 9.69 Å². The van der Waals surface area contributed by atoms with Crippen LogP contribution in [0.25, 0.3) is 0 Å². The molecule has 1 N–H and O–H groups in total. The Hall–Kier alpha value is -0.610. The van der Waals surface area contributed by atoms with Crippen molar-refractivity contribution >= 4 is 5.97 Å². The van der Waals surface area contributed by atoms with E-state index in [2.05, 4.69) is 11.9 Å². The number of nitrogens with zero attached hydrogens (tertiary/aromatic N) is 2. The van der Waals surface area contributed by atoms with Crippen LogP contribution in [0.5, 0.6) is 0 Å². The Kier molecular flexibility index (Phi) is 2.49. The summed E-state index contributed by atoms with van der Waals surface area (Å²) in [5.41, 5.74) is 0. The maximum absolute atomic E-state index is 11.0. The monoisotopic (exact) mass is 198 g/mol. The molecule has 14 heavy (non-hydrogen) atoms. The zero-order valence-corrected chi connectivity index (χ0v) is 8.81. The fourth-order valence-corrected chi connectivity index (χ4v) is 2.83. The summed E-state index contributed by atoms with van der Waals surface area (Å²) in [5, 5.41) is 9.04. The molecule has 0 radical (unpaired) electrons. The van der Waals surface area contributed by atoms with Crippen molar-refractivity contribution in [3.05, 3.63) is 0 Å². The van der Waals surface area contributed by atoms with Crippen LogP contribution in [-0.2, 0) is 4.79 Å². The predicted octanol–water partition coefficient (Wildman–Crippen LogP) is 0.0954. The Morgan fingerprint density at radius 1 is 1.43 bits per heavy atom. The van der Waals surface area contributed by atoms with Crippen LogP contribution < -0.4 is 0 Å². The third-order valence-corrected chi connectivity index (χ3v) is 3.75. The number of carbonyl (C=O) groups is 1. The Labute approximate surface area is 84.5 Å². The van der Waals surface area contributed by atoms with Crippen molar-refractivity contribution in [1.29, 1.82) is 0 Å². The van der Waals surface area contributed by atoms with Crippen LogP contribution in [0, 0.1) is 5.92 Å². The van der Waals surface area contributed by atoms with Gasteiger partial charge in [-0.05, 0) is 39.4 Å². The smallest absolute Gasteiger partial charge is 0.320 e. The molecule has 4 heteroatoms. The summed E-state index contributed by atoms with van der Waals surface area (Å²) in [5.74, 6) is -0.0677. The number of likely N-dealkylation sites (tertiary alicyclic amines) is 2. The van der Waals surface area contributed by atoms with Gasteiger partial charge in [0.15, 0.2) is 0 Å². The highest BCUT2D eigenvalue weighted by molar-refractivity contribution is 5.74. The largest absolute Gasteiger partial charge is 0.480 e. The number of carboxylic acid groups (broad SMARTS) is 1.